The third kappa shape index (κ3) is 26.0. The van der Waals surface area contributed by atoms with Gasteiger partial charge in [-0.3, -0.25) is 9.59 Å². The molecule has 0 bridgehead atoms. The summed E-state index contributed by atoms with van der Waals surface area (Å²) in [6, 6.07) is 0. The molecule has 5 heteroatoms. The van der Waals surface area contributed by atoms with E-state index in [9.17, 15) is 9.59 Å². The van der Waals surface area contributed by atoms with E-state index in [0.29, 0.717) is 19.4 Å². The van der Waals surface area contributed by atoms with Crippen molar-refractivity contribution in [1.29, 1.82) is 0 Å². The van der Waals surface area contributed by atoms with Gasteiger partial charge in [0, 0.05) is 19.4 Å². The number of ether oxygens (including phenoxy) is 1. The molecule has 0 heterocycles. The summed E-state index contributed by atoms with van der Waals surface area (Å²) in [6.07, 6.45) is 24.6. The van der Waals surface area contributed by atoms with Crippen LogP contribution in [-0.2, 0) is 14.3 Å². The summed E-state index contributed by atoms with van der Waals surface area (Å²) in [5.41, 5.74) is 0. The van der Waals surface area contributed by atoms with Gasteiger partial charge in [-0.1, -0.05) is 111 Å². The molecule has 0 aromatic rings. The first-order valence-corrected chi connectivity index (χ1v) is 15.8. The Kier molecular flexibility index (Phi) is 27.6. The monoisotopic (exact) mass is 510 g/mol. The van der Waals surface area contributed by atoms with Crippen molar-refractivity contribution in [2.75, 3.05) is 32.8 Å². The van der Waals surface area contributed by atoms with Gasteiger partial charge in [-0.2, -0.15) is 0 Å². The maximum absolute atomic E-state index is 11.9. The smallest absolute Gasteiger partial charge is 0.305 e. The van der Waals surface area contributed by atoms with Crippen LogP contribution in [0.5, 0.6) is 0 Å². The molecule has 0 aromatic carbocycles. The van der Waals surface area contributed by atoms with Crippen LogP contribution in [0.1, 0.15) is 156 Å². The molecular weight excluding hydrogens is 448 g/mol. The topological polar surface area (TPSA) is 58.6 Å². The summed E-state index contributed by atoms with van der Waals surface area (Å²) in [4.78, 5) is 26.0. The van der Waals surface area contributed by atoms with Gasteiger partial charge in [0.25, 0.3) is 0 Å². The summed E-state index contributed by atoms with van der Waals surface area (Å²) in [7, 11) is 0. The predicted octanol–water partition coefficient (Wildman–Crippen LogP) is 8.20. The third-order valence-electron chi connectivity index (χ3n) is 6.99. The minimum absolute atomic E-state index is 0.0127. The van der Waals surface area contributed by atoms with E-state index in [-0.39, 0.29) is 11.9 Å². The fourth-order valence-corrected chi connectivity index (χ4v) is 4.56. The lowest BCUT2D eigenvalue weighted by molar-refractivity contribution is -0.143. The first-order valence-electron chi connectivity index (χ1n) is 15.8. The summed E-state index contributed by atoms with van der Waals surface area (Å²) in [6.45, 7) is 11.2. The largest absolute Gasteiger partial charge is 0.466 e. The van der Waals surface area contributed by atoms with Crippen LogP contribution in [-0.4, -0.2) is 49.6 Å². The van der Waals surface area contributed by atoms with E-state index in [1.54, 1.807) is 0 Å². The Labute approximate surface area is 224 Å². The van der Waals surface area contributed by atoms with Crippen molar-refractivity contribution in [2.24, 2.45) is 0 Å². The molecule has 36 heavy (non-hydrogen) atoms. The summed E-state index contributed by atoms with van der Waals surface area (Å²) < 4.78 is 5.39. The van der Waals surface area contributed by atoms with Crippen molar-refractivity contribution in [3.8, 4) is 0 Å². The number of amides is 1. The molecule has 0 saturated heterocycles. The molecule has 0 radical (unpaired) electrons. The Bertz CT molecular complexity index is 484. The minimum Gasteiger partial charge on any atom is -0.466 e. The van der Waals surface area contributed by atoms with Gasteiger partial charge in [0.2, 0.25) is 5.91 Å². The molecule has 0 aliphatic heterocycles. The minimum atomic E-state index is -0.0127. The fraction of sp³-hybridized carbons (Fsp3) is 0.935. The van der Waals surface area contributed by atoms with Crippen LogP contribution >= 0.6 is 0 Å². The van der Waals surface area contributed by atoms with E-state index in [0.717, 1.165) is 45.3 Å². The van der Waals surface area contributed by atoms with Crippen LogP contribution in [0, 0.1) is 0 Å². The first kappa shape index (κ1) is 34.9. The van der Waals surface area contributed by atoms with Gasteiger partial charge in [0.1, 0.15) is 0 Å². The lowest BCUT2D eigenvalue weighted by atomic mass is 10.1. The first-order chi connectivity index (χ1) is 17.6. The highest BCUT2D eigenvalue weighted by Crippen LogP contribution is 2.11. The standard InChI is InChI=1S/C31H62N2O3/c1-4-7-9-11-13-18-22-29-36-31(35)24-19-15-14-17-21-27-33(26-20-16-12-10-8-5-2)28-23-25-32-30(34)6-3/h4-29H2,1-3H3,(H,32,34). The highest BCUT2D eigenvalue weighted by molar-refractivity contribution is 5.75. The normalized spacial score (nSPS) is 11.2. The van der Waals surface area contributed by atoms with Crippen molar-refractivity contribution >= 4 is 11.9 Å². The highest BCUT2D eigenvalue weighted by Gasteiger charge is 2.06. The second kappa shape index (κ2) is 28.5. The van der Waals surface area contributed by atoms with Gasteiger partial charge in [-0.05, 0) is 51.7 Å². The van der Waals surface area contributed by atoms with E-state index in [2.05, 4.69) is 24.1 Å². The average Bonchev–Trinajstić information content (AvgIpc) is 2.88. The number of nitrogens with one attached hydrogen (secondary N) is 1. The fourth-order valence-electron chi connectivity index (χ4n) is 4.56. The molecule has 1 amide bonds. The van der Waals surface area contributed by atoms with Crippen LogP contribution in [0.15, 0.2) is 0 Å². The Morgan fingerprint density at radius 2 is 1.06 bits per heavy atom. The van der Waals surface area contributed by atoms with Crippen molar-refractivity contribution in [3.05, 3.63) is 0 Å². The molecule has 214 valence electrons. The Morgan fingerprint density at radius 1 is 0.583 bits per heavy atom. The van der Waals surface area contributed by atoms with Crippen molar-refractivity contribution in [1.82, 2.24) is 10.2 Å². The van der Waals surface area contributed by atoms with Gasteiger partial charge in [-0.15, -0.1) is 0 Å². The lowest BCUT2D eigenvalue weighted by Crippen LogP contribution is -2.31. The van der Waals surface area contributed by atoms with Crippen LogP contribution < -0.4 is 5.32 Å². The maximum atomic E-state index is 11.9. The number of unbranched alkanes of at least 4 members (excludes halogenated alkanes) is 15. The van der Waals surface area contributed by atoms with E-state index in [1.165, 1.54) is 103 Å². The molecule has 5 nitrogen and oxygen atoms in total. The van der Waals surface area contributed by atoms with Gasteiger partial charge >= 0.3 is 5.97 Å². The highest BCUT2D eigenvalue weighted by atomic mass is 16.5. The number of hydrogen-bond donors (Lipinski definition) is 1. The van der Waals surface area contributed by atoms with Crippen molar-refractivity contribution in [3.63, 3.8) is 0 Å². The van der Waals surface area contributed by atoms with E-state index in [1.807, 2.05) is 6.92 Å². The Morgan fingerprint density at radius 3 is 1.61 bits per heavy atom. The van der Waals surface area contributed by atoms with E-state index >= 15 is 0 Å². The number of rotatable bonds is 28. The van der Waals surface area contributed by atoms with Crippen molar-refractivity contribution in [2.45, 2.75) is 156 Å². The molecule has 0 spiro atoms. The van der Waals surface area contributed by atoms with E-state index < -0.39 is 0 Å². The van der Waals surface area contributed by atoms with Crippen LogP contribution in [0.4, 0.5) is 0 Å². The summed E-state index contributed by atoms with van der Waals surface area (Å²) in [5.74, 6) is 0.139. The van der Waals surface area contributed by atoms with Crippen LogP contribution in [0.25, 0.3) is 0 Å². The number of carbonyl (C=O) groups excluding carboxylic acids is 2. The number of nitrogens with zero attached hydrogens (tertiary/aromatic N) is 1. The van der Waals surface area contributed by atoms with Gasteiger partial charge in [0.05, 0.1) is 6.61 Å². The number of hydrogen-bond acceptors (Lipinski definition) is 4. The van der Waals surface area contributed by atoms with Gasteiger partial charge in [-0.25, -0.2) is 0 Å². The molecular formula is C31H62N2O3. The molecule has 1 N–H and O–H groups in total. The zero-order valence-corrected chi connectivity index (χ0v) is 24.6. The third-order valence-corrected chi connectivity index (χ3v) is 6.99. The predicted molar refractivity (Wildman–Crippen MR) is 154 cm³/mol. The molecule has 0 atom stereocenters. The van der Waals surface area contributed by atoms with Crippen LogP contribution in [0.2, 0.25) is 0 Å². The Balaban J connectivity index is 3.80. The average molecular weight is 511 g/mol. The summed E-state index contributed by atoms with van der Waals surface area (Å²) in [5, 5.41) is 3.00. The molecule has 0 aliphatic carbocycles. The molecule has 0 saturated carbocycles. The van der Waals surface area contributed by atoms with Crippen LogP contribution in [0.3, 0.4) is 0 Å². The van der Waals surface area contributed by atoms with Gasteiger partial charge in [0.15, 0.2) is 0 Å². The second-order valence-corrected chi connectivity index (χ2v) is 10.5. The van der Waals surface area contributed by atoms with Gasteiger partial charge < -0.3 is 15.0 Å². The number of esters is 1. The molecule has 0 aliphatic rings. The second-order valence-electron chi connectivity index (χ2n) is 10.5. The molecule has 0 unspecified atom stereocenters. The lowest BCUT2D eigenvalue weighted by Gasteiger charge is -2.22. The maximum Gasteiger partial charge on any atom is 0.305 e. The van der Waals surface area contributed by atoms with E-state index in [4.69, 9.17) is 4.74 Å². The zero-order valence-electron chi connectivity index (χ0n) is 24.6. The number of carbonyl (C=O) groups is 2. The quantitative estimate of drug-likeness (QED) is 0.0851. The molecule has 0 fully saturated rings. The molecule has 0 rings (SSSR count). The van der Waals surface area contributed by atoms with Crippen molar-refractivity contribution < 1.29 is 14.3 Å². The molecule has 0 aromatic heterocycles. The summed E-state index contributed by atoms with van der Waals surface area (Å²) >= 11 is 0. The SMILES string of the molecule is CCCCCCCCCOC(=O)CCCCCCCN(CCCCCCCC)CCCNC(=O)CC. The Hall–Kier alpha value is -1.10. The zero-order chi connectivity index (χ0) is 26.5.